The molecule has 0 aliphatic carbocycles. The van der Waals surface area contributed by atoms with Gasteiger partial charge in [-0.15, -0.1) is 0 Å². The lowest BCUT2D eigenvalue weighted by Crippen LogP contribution is -2.37. The molecular formula is C24H29N7O2. The van der Waals surface area contributed by atoms with E-state index in [1.807, 2.05) is 19.2 Å². The Balaban J connectivity index is 1.60. The Kier molecular flexibility index (Phi) is 5.97. The number of ether oxygens (including phenoxy) is 1. The second kappa shape index (κ2) is 8.73. The third kappa shape index (κ3) is 4.35. The maximum atomic E-state index is 12.3. The Labute approximate surface area is 192 Å². The highest BCUT2D eigenvalue weighted by Gasteiger charge is 2.32. The number of hydrogen-bond donors (Lipinski definition) is 0. The lowest BCUT2D eigenvalue weighted by atomic mass is 10.1. The van der Waals surface area contributed by atoms with Crippen molar-refractivity contribution in [2.75, 3.05) is 6.61 Å². The fourth-order valence-electron chi connectivity index (χ4n) is 3.87. The van der Waals surface area contributed by atoms with Crippen molar-refractivity contribution < 1.29 is 9.53 Å². The monoisotopic (exact) mass is 447 g/mol. The summed E-state index contributed by atoms with van der Waals surface area (Å²) in [6.07, 6.45) is 7.54. The zero-order chi connectivity index (χ0) is 23.8. The highest BCUT2D eigenvalue weighted by atomic mass is 16.5. The van der Waals surface area contributed by atoms with Gasteiger partial charge in [0.1, 0.15) is 11.3 Å². The summed E-state index contributed by atoms with van der Waals surface area (Å²) in [5, 5.41) is 4.36. The maximum Gasteiger partial charge on any atom is 0.333 e. The van der Waals surface area contributed by atoms with Crippen LogP contribution in [0.15, 0.2) is 36.9 Å². The number of rotatable bonds is 7. The predicted molar refractivity (Wildman–Crippen MR) is 125 cm³/mol. The van der Waals surface area contributed by atoms with Gasteiger partial charge in [-0.2, -0.15) is 5.10 Å². The van der Waals surface area contributed by atoms with Crippen LogP contribution in [0.25, 0.3) is 22.4 Å². The standard InChI is InChI=1S/C24H29N7O2/c1-7-33-23(32)24(5,6)30-14-17(12-27-30)22-25-9-8-18(29-22)10-19-11-21-20(13-26-19)28-16(4)31(21)15(2)3/h8-9,11-15H,7,10H2,1-6H3. The fourth-order valence-corrected chi connectivity index (χ4v) is 3.87. The van der Waals surface area contributed by atoms with Crippen LogP contribution in [0.4, 0.5) is 0 Å². The van der Waals surface area contributed by atoms with Crippen molar-refractivity contribution in [3.8, 4) is 11.4 Å². The lowest BCUT2D eigenvalue weighted by Gasteiger charge is -2.22. The molecule has 9 nitrogen and oxygen atoms in total. The molecule has 0 unspecified atom stereocenters. The normalized spacial score (nSPS) is 12.0. The van der Waals surface area contributed by atoms with Gasteiger partial charge in [0.2, 0.25) is 0 Å². The van der Waals surface area contributed by atoms with E-state index in [1.165, 1.54) is 0 Å². The van der Waals surface area contributed by atoms with Crippen LogP contribution >= 0.6 is 0 Å². The number of carbonyl (C=O) groups excluding carboxylic acids is 1. The van der Waals surface area contributed by atoms with Crippen LogP contribution in [0.1, 0.15) is 57.9 Å². The summed E-state index contributed by atoms with van der Waals surface area (Å²) >= 11 is 0. The number of aromatic nitrogens is 7. The van der Waals surface area contributed by atoms with E-state index in [-0.39, 0.29) is 5.97 Å². The van der Waals surface area contributed by atoms with Gasteiger partial charge in [0.05, 0.1) is 35.8 Å². The molecular weight excluding hydrogens is 418 g/mol. The molecule has 0 fully saturated rings. The van der Waals surface area contributed by atoms with Crippen molar-refractivity contribution in [2.45, 2.75) is 59.5 Å². The van der Waals surface area contributed by atoms with Gasteiger partial charge in [-0.3, -0.25) is 9.67 Å². The van der Waals surface area contributed by atoms with Gasteiger partial charge in [-0.1, -0.05) is 0 Å². The van der Waals surface area contributed by atoms with Crippen LogP contribution in [0, 0.1) is 6.92 Å². The molecule has 4 heterocycles. The van der Waals surface area contributed by atoms with Crippen LogP contribution in [-0.2, 0) is 21.5 Å². The highest BCUT2D eigenvalue weighted by Crippen LogP contribution is 2.23. The summed E-state index contributed by atoms with van der Waals surface area (Å²) in [6.45, 7) is 11.9. The van der Waals surface area contributed by atoms with Crippen LogP contribution in [0.5, 0.6) is 0 Å². The van der Waals surface area contributed by atoms with E-state index in [0.717, 1.165) is 33.8 Å². The Morgan fingerprint density at radius 2 is 1.94 bits per heavy atom. The van der Waals surface area contributed by atoms with E-state index in [9.17, 15) is 4.79 Å². The smallest absolute Gasteiger partial charge is 0.333 e. The molecule has 0 aliphatic heterocycles. The van der Waals surface area contributed by atoms with E-state index in [0.29, 0.717) is 24.9 Å². The first-order valence-electron chi connectivity index (χ1n) is 11.1. The minimum absolute atomic E-state index is 0.311. The number of carbonyl (C=O) groups is 1. The third-order valence-corrected chi connectivity index (χ3v) is 5.59. The second-order valence-electron chi connectivity index (χ2n) is 8.79. The molecule has 4 aromatic heterocycles. The molecule has 0 spiro atoms. The average Bonchev–Trinajstić information content (AvgIpc) is 3.38. The number of imidazole rings is 1. The van der Waals surface area contributed by atoms with Gasteiger partial charge in [-0.05, 0) is 53.7 Å². The minimum atomic E-state index is -0.928. The average molecular weight is 448 g/mol. The van der Waals surface area contributed by atoms with Crippen molar-refractivity contribution in [3.05, 3.63) is 54.1 Å². The molecule has 4 rings (SSSR count). The summed E-state index contributed by atoms with van der Waals surface area (Å²) in [5.41, 5.74) is 3.52. The van der Waals surface area contributed by atoms with Crippen molar-refractivity contribution in [1.29, 1.82) is 0 Å². The van der Waals surface area contributed by atoms with Gasteiger partial charge in [0.15, 0.2) is 11.4 Å². The van der Waals surface area contributed by atoms with Crippen molar-refractivity contribution in [3.63, 3.8) is 0 Å². The van der Waals surface area contributed by atoms with E-state index < -0.39 is 5.54 Å². The van der Waals surface area contributed by atoms with E-state index in [2.05, 4.69) is 44.5 Å². The number of fused-ring (bicyclic) bond motifs is 1. The molecule has 0 radical (unpaired) electrons. The molecule has 9 heteroatoms. The molecule has 0 atom stereocenters. The zero-order valence-electron chi connectivity index (χ0n) is 19.9. The Morgan fingerprint density at radius 3 is 2.67 bits per heavy atom. The van der Waals surface area contributed by atoms with Crippen molar-refractivity contribution in [1.82, 2.24) is 34.3 Å². The summed E-state index contributed by atoms with van der Waals surface area (Å²) < 4.78 is 8.97. The van der Waals surface area contributed by atoms with Gasteiger partial charge < -0.3 is 9.30 Å². The summed E-state index contributed by atoms with van der Waals surface area (Å²) in [4.78, 5) is 30.6. The molecule has 0 saturated heterocycles. The number of esters is 1. The van der Waals surface area contributed by atoms with Crippen LogP contribution < -0.4 is 0 Å². The van der Waals surface area contributed by atoms with Gasteiger partial charge in [-0.25, -0.2) is 19.7 Å². The number of hydrogen-bond acceptors (Lipinski definition) is 7. The molecule has 0 saturated carbocycles. The zero-order valence-corrected chi connectivity index (χ0v) is 19.9. The maximum absolute atomic E-state index is 12.3. The number of pyridine rings is 1. The quantitative estimate of drug-likeness (QED) is 0.397. The van der Waals surface area contributed by atoms with E-state index in [4.69, 9.17) is 9.72 Å². The second-order valence-corrected chi connectivity index (χ2v) is 8.79. The van der Waals surface area contributed by atoms with Crippen molar-refractivity contribution in [2.24, 2.45) is 0 Å². The molecule has 172 valence electrons. The Hall–Kier alpha value is -3.62. The van der Waals surface area contributed by atoms with E-state index in [1.54, 1.807) is 44.0 Å². The Bertz CT molecular complexity index is 1300. The number of nitrogens with zero attached hydrogens (tertiary/aromatic N) is 7. The molecule has 0 bridgehead atoms. The first-order valence-corrected chi connectivity index (χ1v) is 11.1. The highest BCUT2D eigenvalue weighted by molar-refractivity contribution is 5.78. The largest absolute Gasteiger partial charge is 0.464 e. The van der Waals surface area contributed by atoms with Crippen LogP contribution in [0.3, 0.4) is 0 Å². The summed E-state index contributed by atoms with van der Waals surface area (Å²) in [6, 6.07) is 4.27. The fraction of sp³-hybridized carbons (Fsp3) is 0.417. The predicted octanol–water partition coefficient (Wildman–Crippen LogP) is 3.86. The van der Waals surface area contributed by atoms with Gasteiger partial charge in [0, 0.05) is 30.6 Å². The van der Waals surface area contributed by atoms with Crippen LogP contribution in [-0.4, -0.2) is 46.9 Å². The van der Waals surface area contributed by atoms with Gasteiger partial charge >= 0.3 is 5.97 Å². The Morgan fingerprint density at radius 1 is 1.15 bits per heavy atom. The van der Waals surface area contributed by atoms with Gasteiger partial charge in [0.25, 0.3) is 0 Å². The SMILES string of the molecule is CCOC(=O)C(C)(C)n1cc(-c2nccc(Cc3cc4c(cn3)nc(C)n4C(C)C)n2)cn1. The first-order chi connectivity index (χ1) is 15.7. The molecule has 0 N–H and O–H groups in total. The molecule has 0 amide bonds. The topological polar surface area (TPSA) is 101 Å². The molecule has 0 aliphatic rings. The third-order valence-electron chi connectivity index (χ3n) is 5.59. The van der Waals surface area contributed by atoms with Crippen molar-refractivity contribution >= 4 is 17.0 Å². The van der Waals surface area contributed by atoms with Crippen LogP contribution in [0.2, 0.25) is 0 Å². The van der Waals surface area contributed by atoms with E-state index >= 15 is 0 Å². The molecule has 0 aromatic carbocycles. The summed E-state index contributed by atoms with van der Waals surface area (Å²) in [5.74, 6) is 1.18. The molecule has 33 heavy (non-hydrogen) atoms. The number of aryl methyl sites for hydroxylation is 1. The summed E-state index contributed by atoms with van der Waals surface area (Å²) in [7, 11) is 0. The first kappa shape index (κ1) is 22.6. The minimum Gasteiger partial charge on any atom is -0.464 e. The lowest BCUT2D eigenvalue weighted by molar-refractivity contribution is -0.152. The molecule has 4 aromatic rings.